The van der Waals surface area contributed by atoms with Gasteiger partial charge in [0.2, 0.25) is 0 Å². The standard InChI is InChI=1S/C9H16O2/c1-8(4-3-7-10)5-6-9(2)11/h4,10H,3,5-7H2,1-2H3/b8-4+. The van der Waals surface area contributed by atoms with Crippen LogP contribution < -0.4 is 0 Å². The summed E-state index contributed by atoms with van der Waals surface area (Å²) in [4.78, 5) is 10.5. The van der Waals surface area contributed by atoms with Crippen molar-refractivity contribution in [3.05, 3.63) is 11.6 Å². The first-order valence-electron chi connectivity index (χ1n) is 3.92. The fourth-order valence-corrected chi connectivity index (χ4v) is 0.786. The van der Waals surface area contributed by atoms with E-state index in [4.69, 9.17) is 5.11 Å². The zero-order valence-electron chi connectivity index (χ0n) is 7.26. The molecule has 0 bridgehead atoms. The lowest BCUT2D eigenvalue weighted by atomic mass is 10.1. The number of carbonyl (C=O) groups excluding carboxylic acids is 1. The molecule has 0 aromatic rings. The smallest absolute Gasteiger partial charge is 0.130 e. The fourth-order valence-electron chi connectivity index (χ4n) is 0.786. The molecule has 1 N–H and O–H groups in total. The van der Waals surface area contributed by atoms with E-state index in [0.717, 1.165) is 6.42 Å². The summed E-state index contributed by atoms with van der Waals surface area (Å²) in [5.41, 5.74) is 1.19. The van der Waals surface area contributed by atoms with E-state index in [9.17, 15) is 4.79 Å². The number of Topliss-reactive ketones (excluding diaryl/α,β-unsaturated/α-hetero) is 1. The van der Waals surface area contributed by atoms with Crippen LogP contribution in [-0.2, 0) is 4.79 Å². The lowest BCUT2D eigenvalue weighted by Gasteiger charge is -1.97. The largest absolute Gasteiger partial charge is 0.396 e. The lowest BCUT2D eigenvalue weighted by Crippen LogP contribution is -1.90. The Labute approximate surface area is 67.9 Å². The number of carbonyl (C=O) groups is 1. The molecule has 0 amide bonds. The molecule has 0 atom stereocenters. The lowest BCUT2D eigenvalue weighted by molar-refractivity contribution is -0.116. The summed E-state index contributed by atoms with van der Waals surface area (Å²) < 4.78 is 0. The van der Waals surface area contributed by atoms with Gasteiger partial charge in [-0.1, -0.05) is 11.6 Å². The van der Waals surface area contributed by atoms with Gasteiger partial charge in [-0.25, -0.2) is 0 Å². The second-order valence-corrected chi connectivity index (χ2v) is 2.76. The van der Waals surface area contributed by atoms with Crippen LogP contribution in [0.2, 0.25) is 0 Å². The van der Waals surface area contributed by atoms with Crippen LogP contribution in [0, 0.1) is 0 Å². The van der Waals surface area contributed by atoms with Crippen molar-refractivity contribution >= 4 is 5.78 Å². The normalized spacial score (nSPS) is 11.7. The van der Waals surface area contributed by atoms with Gasteiger partial charge in [0.15, 0.2) is 0 Å². The van der Waals surface area contributed by atoms with Crippen LogP contribution in [0.5, 0.6) is 0 Å². The maximum Gasteiger partial charge on any atom is 0.130 e. The highest BCUT2D eigenvalue weighted by Gasteiger charge is 1.93. The van der Waals surface area contributed by atoms with Gasteiger partial charge in [-0.3, -0.25) is 0 Å². The molecule has 11 heavy (non-hydrogen) atoms. The zero-order chi connectivity index (χ0) is 8.69. The molecule has 0 aromatic heterocycles. The molecule has 0 saturated carbocycles. The molecule has 0 spiro atoms. The summed E-state index contributed by atoms with van der Waals surface area (Å²) in [5, 5.41) is 8.48. The van der Waals surface area contributed by atoms with Gasteiger partial charge >= 0.3 is 0 Å². The number of allylic oxidation sites excluding steroid dienone is 1. The van der Waals surface area contributed by atoms with Crippen LogP contribution in [0.15, 0.2) is 11.6 Å². The van der Waals surface area contributed by atoms with Crippen molar-refractivity contribution in [2.24, 2.45) is 0 Å². The maximum absolute atomic E-state index is 10.5. The number of aliphatic hydroxyl groups is 1. The molecule has 0 aliphatic rings. The van der Waals surface area contributed by atoms with Crippen LogP contribution in [0.25, 0.3) is 0 Å². The predicted octanol–water partition coefficient (Wildman–Crippen LogP) is 1.68. The minimum atomic E-state index is 0.192. The molecule has 0 aliphatic carbocycles. The molecular weight excluding hydrogens is 140 g/mol. The van der Waals surface area contributed by atoms with E-state index in [1.54, 1.807) is 6.92 Å². The first kappa shape index (κ1) is 10.4. The average molecular weight is 156 g/mol. The summed E-state index contributed by atoms with van der Waals surface area (Å²) in [6.07, 6.45) is 4.12. The topological polar surface area (TPSA) is 37.3 Å². The van der Waals surface area contributed by atoms with Crippen molar-refractivity contribution in [3.63, 3.8) is 0 Å². The highest BCUT2D eigenvalue weighted by molar-refractivity contribution is 5.75. The first-order valence-corrected chi connectivity index (χ1v) is 3.92. The number of ketones is 1. The van der Waals surface area contributed by atoms with Gasteiger partial charge in [-0.05, 0) is 26.7 Å². The molecule has 0 aromatic carbocycles. The fraction of sp³-hybridized carbons (Fsp3) is 0.667. The number of hydrogen-bond acceptors (Lipinski definition) is 2. The third kappa shape index (κ3) is 7.26. The Kier molecular flexibility index (Phi) is 5.75. The van der Waals surface area contributed by atoms with Crippen molar-refractivity contribution < 1.29 is 9.90 Å². The van der Waals surface area contributed by atoms with Gasteiger partial charge in [0.1, 0.15) is 5.78 Å². The van der Waals surface area contributed by atoms with Gasteiger partial charge in [0.25, 0.3) is 0 Å². The first-order chi connectivity index (χ1) is 5.16. The number of hydrogen-bond donors (Lipinski definition) is 1. The number of aliphatic hydroxyl groups excluding tert-OH is 1. The van der Waals surface area contributed by atoms with E-state index in [1.165, 1.54) is 5.57 Å². The zero-order valence-corrected chi connectivity index (χ0v) is 7.26. The Morgan fingerprint density at radius 1 is 1.36 bits per heavy atom. The van der Waals surface area contributed by atoms with Crippen LogP contribution >= 0.6 is 0 Å². The van der Waals surface area contributed by atoms with Crippen LogP contribution in [-0.4, -0.2) is 17.5 Å². The Morgan fingerprint density at radius 2 is 2.00 bits per heavy atom. The highest BCUT2D eigenvalue weighted by atomic mass is 16.2. The molecule has 0 saturated heterocycles. The minimum Gasteiger partial charge on any atom is -0.396 e. The Bertz CT molecular complexity index is 148. The Morgan fingerprint density at radius 3 is 2.45 bits per heavy atom. The Hall–Kier alpha value is -0.630. The van der Waals surface area contributed by atoms with Crippen LogP contribution in [0.4, 0.5) is 0 Å². The molecule has 0 unspecified atom stereocenters. The van der Waals surface area contributed by atoms with E-state index in [0.29, 0.717) is 12.8 Å². The van der Waals surface area contributed by atoms with Gasteiger partial charge < -0.3 is 9.90 Å². The van der Waals surface area contributed by atoms with Crippen LogP contribution in [0.3, 0.4) is 0 Å². The Balaban J connectivity index is 3.50. The number of rotatable bonds is 5. The SMILES string of the molecule is CC(=O)CC/C(C)=C/CCO. The summed E-state index contributed by atoms with van der Waals surface area (Å²) in [6, 6.07) is 0. The van der Waals surface area contributed by atoms with Crippen molar-refractivity contribution in [1.82, 2.24) is 0 Å². The summed E-state index contributed by atoms with van der Waals surface area (Å²) in [7, 11) is 0. The predicted molar refractivity (Wildman–Crippen MR) is 45.4 cm³/mol. The summed E-state index contributed by atoms with van der Waals surface area (Å²) in [6.45, 7) is 3.77. The van der Waals surface area contributed by atoms with Gasteiger partial charge in [-0.2, -0.15) is 0 Å². The van der Waals surface area contributed by atoms with E-state index in [2.05, 4.69) is 0 Å². The second kappa shape index (κ2) is 6.10. The minimum absolute atomic E-state index is 0.192. The molecule has 64 valence electrons. The van der Waals surface area contributed by atoms with Crippen molar-refractivity contribution in [1.29, 1.82) is 0 Å². The van der Waals surface area contributed by atoms with Crippen molar-refractivity contribution in [2.75, 3.05) is 6.61 Å². The van der Waals surface area contributed by atoms with Gasteiger partial charge in [-0.15, -0.1) is 0 Å². The van der Waals surface area contributed by atoms with Gasteiger partial charge in [0, 0.05) is 13.0 Å². The van der Waals surface area contributed by atoms with E-state index >= 15 is 0 Å². The quantitative estimate of drug-likeness (QED) is 0.615. The summed E-state index contributed by atoms with van der Waals surface area (Å²) >= 11 is 0. The molecule has 0 radical (unpaired) electrons. The van der Waals surface area contributed by atoms with Crippen molar-refractivity contribution in [3.8, 4) is 0 Å². The molecule has 0 heterocycles. The van der Waals surface area contributed by atoms with E-state index in [1.807, 2.05) is 13.0 Å². The molecular formula is C9H16O2. The highest BCUT2D eigenvalue weighted by Crippen LogP contribution is 2.04. The molecule has 0 rings (SSSR count). The third-order valence-corrected chi connectivity index (χ3v) is 1.49. The molecule has 0 fully saturated rings. The molecule has 2 nitrogen and oxygen atoms in total. The summed E-state index contributed by atoms with van der Waals surface area (Å²) in [5.74, 6) is 0.224. The monoisotopic (exact) mass is 156 g/mol. The second-order valence-electron chi connectivity index (χ2n) is 2.76. The molecule has 2 heteroatoms. The van der Waals surface area contributed by atoms with E-state index in [-0.39, 0.29) is 12.4 Å². The van der Waals surface area contributed by atoms with Gasteiger partial charge in [0.05, 0.1) is 0 Å². The average Bonchev–Trinajstić information content (AvgIpc) is 1.97. The maximum atomic E-state index is 10.5. The molecule has 0 aliphatic heterocycles. The van der Waals surface area contributed by atoms with Crippen LogP contribution in [0.1, 0.15) is 33.1 Å². The van der Waals surface area contributed by atoms with E-state index < -0.39 is 0 Å². The van der Waals surface area contributed by atoms with Crippen molar-refractivity contribution in [2.45, 2.75) is 33.1 Å². The third-order valence-electron chi connectivity index (χ3n) is 1.49.